The maximum Gasteiger partial charge on any atom is 0.147 e. The number of rotatable bonds is 3. The second kappa shape index (κ2) is 3.87. The van der Waals surface area contributed by atoms with Gasteiger partial charge in [-0.25, -0.2) is 4.98 Å². The Morgan fingerprint density at radius 2 is 2.07 bits per heavy atom. The molecule has 0 radical (unpaired) electrons. The molecular weight excluding hydrogens is 188 g/mol. The van der Waals surface area contributed by atoms with Crippen molar-refractivity contribution in [2.24, 2.45) is 0 Å². The molecule has 78 valence electrons. The second-order valence-corrected chi connectivity index (χ2v) is 3.52. The van der Waals surface area contributed by atoms with Gasteiger partial charge in [-0.1, -0.05) is 37.3 Å². The lowest BCUT2D eigenvalue weighted by atomic mass is 9.90. The van der Waals surface area contributed by atoms with E-state index in [9.17, 15) is 5.11 Å². The number of hydrogen-bond acceptors (Lipinski definition) is 2. The zero-order valence-electron chi connectivity index (χ0n) is 8.64. The molecule has 0 saturated heterocycles. The van der Waals surface area contributed by atoms with Gasteiger partial charge in [-0.15, -0.1) is 0 Å². The van der Waals surface area contributed by atoms with Crippen molar-refractivity contribution in [1.82, 2.24) is 9.97 Å². The predicted octanol–water partition coefficient (Wildman–Crippen LogP) is 2.06. The van der Waals surface area contributed by atoms with Crippen LogP contribution in [-0.2, 0) is 5.60 Å². The largest absolute Gasteiger partial charge is 0.377 e. The molecule has 3 heteroatoms. The Kier molecular flexibility index (Phi) is 2.56. The summed E-state index contributed by atoms with van der Waals surface area (Å²) in [7, 11) is 0. The smallest absolute Gasteiger partial charge is 0.147 e. The molecule has 2 N–H and O–H groups in total. The average molecular weight is 202 g/mol. The maximum atomic E-state index is 10.6. The summed E-state index contributed by atoms with van der Waals surface area (Å²) in [6, 6.07) is 9.58. The van der Waals surface area contributed by atoms with Crippen molar-refractivity contribution >= 4 is 0 Å². The van der Waals surface area contributed by atoms with Crippen LogP contribution in [0.3, 0.4) is 0 Å². The third kappa shape index (κ3) is 1.66. The summed E-state index contributed by atoms with van der Waals surface area (Å²) in [6.45, 7) is 1.94. The third-order valence-electron chi connectivity index (χ3n) is 2.65. The molecular formula is C12H14N2O. The van der Waals surface area contributed by atoms with Gasteiger partial charge < -0.3 is 10.1 Å². The number of aromatic nitrogens is 2. The van der Waals surface area contributed by atoms with E-state index in [4.69, 9.17) is 0 Å². The molecule has 1 heterocycles. The summed E-state index contributed by atoms with van der Waals surface area (Å²) in [4.78, 5) is 7.10. The molecule has 1 atom stereocenters. The number of benzene rings is 1. The van der Waals surface area contributed by atoms with E-state index in [0.717, 1.165) is 5.56 Å². The quantitative estimate of drug-likeness (QED) is 0.800. The molecule has 0 unspecified atom stereocenters. The minimum absolute atomic E-state index is 0.588. The van der Waals surface area contributed by atoms with Crippen LogP contribution in [0.15, 0.2) is 42.7 Å². The number of H-pyrrole nitrogens is 1. The first-order valence-corrected chi connectivity index (χ1v) is 5.05. The summed E-state index contributed by atoms with van der Waals surface area (Å²) in [6.07, 6.45) is 3.96. The van der Waals surface area contributed by atoms with E-state index in [1.807, 2.05) is 37.3 Å². The van der Waals surface area contributed by atoms with Crippen molar-refractivity contribution in [2.75, 3.05) is 0 Å². The number of nitrogens with zero attached hydrogens (tertiary/aromatic N) is 1. The van der Waals surface area contributed by atoms with Crippen LogP contribution in [0.4, 0.5) is 0 Å². The molecule has 2 rings (SSSR count). The normalized spacial score (nSPS) is 14.8. The molecule has 0 aliphatic carbocycles. The molecule has 3 nitrogen and oxygen atoms in total. The van der Waals surface area contributed by atoms with Gasteiger partial charge in [0, 0.05) is 12.4 Å². The van der Waals surface area contributed by atoms with Crippen LogP contribution in [-0.4, -0.2) is 15.1 Å². The fourth-order valence-corrected chi connectivity index (χ4v) is 1.71. The molecule has 0 saturated carbocycles. The van der Waals surface area contributed by atoms with Gasteiger partial charge in [0.05, 0.1) is 0 Å². The van der Waals surface area contributed by atoms with E-state index in [-0.39, 0.29) is 0 Å². The molecule has 0 bridgehead atoms. The zero-order valence-corrected chi connectivity index (χ0v) is 8.64. The van der Waals surface area contributed by atoms with Crippen LogP contribution in [0.25, 0.3) is 0 Å². The predicted molar refractivity (Wildman–Crippen MR) is 58.3 cm³/mol. The first-order chi connectivity index (χ1) is 7.27. The molecule has 0 spiro atoms. The minimum Gasteiger partial charge on any atom is -0.377 e. The summed E-state index contributed by atoms with van der Waals surface area (Å²) in [5.74, 6) is 0.594. The van der Waals surface area contributed by atoms with E-state index < -0.39 is 5.60 Å². The van der Waals surface area contributed by atoms with Crippen LogP contribution < -0.4 is 0 Å². The summed E-state index contributed by atoms with van der Waals surface area (Å²) < 4.78 is 0. The molecule has 0 aliphatic rings. The number of hydrogen-bond donors (Lipinski definition) is 2. The lowest BCUT2D eigenvalue weighted by Gasteiger charge is -2.24. The monoisotopic (exact) mass is 202 g/mol. The van der Waals surface area contributed by atoms with Crippen LogP contribution in [0.2, 0.25) is 0 Å². The number of aromatic amines is 1. The molecule has 0 fully saturated rings. The Morgan fingerprint density at radius 1 is 1.33 bits per heavy atom. The molecule has 0 amide bonds. The Morgan fingerprint density at radius 3 is 2.60 bits per heavy atom. The highest BCUT2D eigenvalue weighted by atomic mass is 16.3. The summed E-state index contributed by atoms with van der Waals surface area (Å²) in [5.41, 5.74) is -0.146. The molecule has 15 heavy (non-hydrogen) atoms. The van der Waals surface area contributed by atoms with Gasteiger partial charge >= 0.3 is 0 Å². The van der Waals surface area contributed by atoms with Crippen LogP contribution in [0.1, 0.15) is 24.7 Å². The number of aliphatic hydroxyl groups is 1. The van der Waals surface area contributed by atoms with Crippen molar-refractivity contribution < 1.29 is 5.11 Å². The lowest BCUT2D eigenvalue weighted by Crippen LogP contribution is -2.27. The van der Waals surface area contributed by atoms with Crippen LogP contribution in [0.5, 0.6) is 0 Å². The van der Waals surface area contributed by atoms with Crippen molar-refractivity contribution in [3.63, 3.8) is 0 Å². The first kappa shape index (κ1) is 9.93. The van der Waals surface area contributed by atoms with E-state index in [1.165, 1.54) is 0 Å². The van der Waals surface area contributed by atoms with Gasteiger partial charge in [-0.3, -0.25) is 0 Å². The third-order valence-corrected chi connectivity index (χ3v) is 2.65. The lowest BCUT2D eigenvalue weighted by molar-refractivity contribution is 0.0678. The highest BCUT2D eigenvalue weighted by Gasteiger charge is 2.31. The zero-order chi connectivity index (χ0) is 10.7. The molecule has 0 aliphatic heterocycles. The van der Waals surface area contributed by atoms with E-state index >= 15 is 0 Å². The fourth-order valence-electron chi connectivity index (χ4n) is 1.71. The van der Waals surface area contributed by atoms with E-state index in [0.29, 0.717) is 12.2 Å². The second-order valence-electron chi connectivity index (χ2n) is 3.52. The van der Waals surface area contributed by atoms with Gasteiger partial charge in [-0.2, -0.15) is 0 Å². The SMILES string of the molecule is CC[C@@](O)(c1ccccc1)c1ncc[nH]1. The van der Waals surface area contributed by atoms with Crippen molar-refractivity contribution in [2.45, 2.75) is 18.9 Å². The Hall–Kier alpha value is -1.61. The Labute approximate surface area is 88.8 Å². The molecule has 1 aromatic heterocycles. The van der Waals surface area contributed by atoms with E-state index in [1.54, 1.807) is 12.4 Å². The van der Waals surface area contributed by atoms with Crippen molar-refractivity contribution in [1.29, 1.82) is 0 Å². The van der Waals surface area contributed by atoms with Gasteiger partial charge in [0.15, 0.2) is 0 Å². The Balaban J connectivity index is 2.47. The molecule has 2 aromatic rings. The van der Waals surface area contributed by atoms with Gasteiger partial charge in [0.1, 0.15) is 11.4 Å². The average Bonchev–Trinajstić information content (AvgIpc) is 2.83. The molecule has 1 aromatic carbocycles. The fraction of sp³-hybridized carbons (Fsp3) is 0.250. The summed E-state index contributed by atoms with van der Waals surface area (Å²) in [5, 5.41) is 10.6. The maximum absolute atomic E-state index is 10.6. The number of nitrogens with one attached hydrogen (secondary N) is 1. The van der Waals surface area contributed by atoms with Gasteiger partial charge in [0.2, 0.25) is 0 Å². The Bertz CT molecular complexity index is 410. The first-order valence-electron chi connectivity index (χ1n) is 5.05. The van der Waals surface area contributed by atoms with Gasteiger partial charge in [-0.05, 0) is 12.0 Å². The van der Waals surface area contributed by atoms with Crippen molar-refractivity contribution in [3.8, 4) is 0 Å². The highest BCUT2D eigenvalue weighted by molar-refractivity contribution is 5.28. The van der Waals surface area contributed by atoms with Gasteiger partial charge in [0.25, 0.3) is 0 Å². The van der Waals surface area contributed by atoms with Crippen LogP contribution >= 0.6 is 0 Å². The standard InChI is InChI=1S/C12H14N2O/c1-2-12(15,11-13-8-9-14-11)10-6-4-3-5-7-10/h3-9,15H,2H2,1H3,(H,13,14)/t12-/m1/s1. The number of imidazole rings is 1. The topological polar surface area (TPSA) is 48.9 Å². The van der Waals surface area contributed by atoms with E-state index in [2.05, 4.69) is 9.97 Å². The summed E-state index contributed by atoms with van der Waals surface area (Å²) >= 11 is 0. The van der Waals surface area contributed by atoms with Crippen molar-refractivity contribution in [3.05, 3.63) is 54.1 Å². The minimum atomic E-state index is -1.01. The highest BCUT2D eigenvalue weighted by Crippen LogP contribution is 2.29. The van der Waals surface area contributed by atoms with Crippen LogP contribution in [0, 0.1) is 0 Å².